The number of ketones is 1. The molecule has 26 heavy (non-hydrogen) atoms. The topological polar surface area (TPSA) is 99.8 Å². The first-order valence-electron chi connectivity index (χ1n) is 7.60. The van der Waals surface area contributed by atoms with E-state index in [9.17, 15) is 20.2 Å². The molecular weight excluding hydrogens is 354 g/mol. The largest absolute Gasteiger partial charge is 0.358 e. The molecule has 7 heteroatoms. The molecule has 0 atom stereocenters. The van der Waals surface area contributed by atoms with Crippen LogP contribution in [0.15, 0.2) is 48.0 Å². The Morgan fingerprint density at radius 3 is 2.73 bits per heavy atom. The van der Waals surface area contributed by atoms with Gasteiger partial charge in [-0.1, -0.05) is 35.9 Å². The Balaban J connectivity index is 2.09. The molecule has 0 unspecified atom stereocenters. The lowest BCUT2D eigenvalue weighted by atomic mass is 9.99. The maximum absolute atomic E-state index is 12.9. The van der Waals surface area contributed by atoms with Crippen LogP contribution in [-0.4, -0.2) is 15.7 Å². The molecular formula is C19H12ClN3O3. The van der Waals surface area contributed by atoms with Gasteiger partial charge in [-0.15, -0.1) is 0 Å². The molecule has 0 aliphatic rings. The lowest BCUT2D eigenvalue weighted by Crippen LogP contribution is -2.03. The summed E-state index contributed by atoms with van der Waals surface area (Å²) >= 11 is 5.79. The Hall–Kier alpha value is -3.43. The second kappa shape index (κ2) is 6.82. The van der Waals surface area contributed by atoms with E-state index in [2.05, 4.69) is 4.98 Å². The highest BCUT2D eigenvalue weighted by atomic mass is 35.5. The molecule has 0 fully saturated rings. The number of carbonyl (C=O) groups is 1. The van der Waals surface area contributed by atoms with Gasteiger partial charge in [-0.2, -0.15) is 5.26 Å². The van der Waals surface area contributed by atoms with E-state index in [1.54, 1.807) is 13.0 Å². The van der Waals surface area contributed by atoms with Crippen molar-refractivity contribution in [2.45, 2.75) is 6.92 Å². The Morgan fingerprint density at radius 2 is 2.04 bits per heavy atom. The third-order valence-corrected chi connectivity index (χ3v) is 4.28. The van der Waals surface area contributed by atoms with E-state index in [0.29, 0.717) is 16.8 Å². The molecule has 128 valence electrons. The Morgan fingerprint density at radius 1 is 1.31 bits per heavy atom. The van der Waals surface area contributed by atoms with Crippen molar-refractivity contribution >= 4 is 40.1 Å². The van der Waals surface area contributed by atoms with E-state index in [1.807, 2.05) is 24.3 Å². The average Bonchev–Trinajstić information content (AvgIpc) is 2.95. The number of nitriles is 1. The summed E-state index contributed by atoms with van der Waals surface area (Å²) in [5.41, 5.74) is 1.82. The van der Waals surface area contributed by atoms with E-state index in [0.717, 1.165) is 10.9 Å². The van der Waals surface area contributed by atoms with Crippen LogP contribution < -0.4 is 0 Å². The van der Waals surface area contributed by atoms with E-state index in [1.165, 1.54) is 24.3 Å². The molecule has 3 rings (SSSR count). The Bertz CT molecular complexity index is 1120. The van der Waals surface area contributed by atoms with Gasteiger partial charge in [0.05, 0.1) is 10.5 Å². The number of aryl methyl sites for hydroxylation is 1. The van der Waals surface area contributed by atoms with Gasteiger partial charge in [0.25, 0.3) is 5.69 Å². The fraction of sp³-hybridized carbons (Fsp3) is 0.0526. The standard InChI is InChI=1S/C19H12ClN3O3/c1-11-18(14-4-2-3-5-16(14)22-11)19(24)13(10-21)8-12-6-7-15(20)17(9-12)23(25)26/h2-9,22H,1H3/b13-8+. The highest BCUT2D eigenvalue weighted by molar-refractivity contribution is 6.32. The predicted molar refractivity (Wildman–Crippen MR) is 99.1 cm³/mol. The molecule has 0 bridgehead atoms. The summed E-state index contributed by atoms with van der Waals surface area (Å²) in [5, 5.41) is 21.2. The number of nitro groups is 1. The van der Waals surface area contributed by atoms with E-state index in [-0.39, 0.29) is 16.3 Å². The van der Waals surface area contributed by atoms with Crippen molar-refractivity contribution in [3.63, 3.8) is 0 Å². The van der Waals surface area contributed by atoms with Crippen LogP contribution in [0.5, 0.6) is 0 Å². The summed E-state index contributed by atoms with van der Waals surface area (Å²) < 4.78 is 0. The maximum atomic E-state index is 12.9. The minimum absolute atomic E-state index is 0.00976. The lowest BCUT2D eigenvalue weighted by molar-refractivity contribution is -0.384. The van der Waals surface area contributed by atoms with Gasteiger partial charge in [-0.25, -0.2) is 0 Å². The first-order chi connectivity index (χ1) is 12.4. The van der Waals surface area contributed by atoms with Crippen LogP contribution in [0.2, 0.25) is 5.02 Å². The third kappa shape index (κ3) is 3.08. The smallest absolute Gasteiger partial charge is 0.288 e. The van der Waals surface area contributed by atoms with Gasteiger partial charge >= 0.3 is 0 Å². The second-order valence-corrected chi connectivity index (χ2v) is 6.04. The SMILES string of the molecule is Cc1[nH]c2ccccc2c1C(=O)/C(C#N)=C/c1ccc(Cl)c([N+](=O)[O-])c1. The summed E-state index contributed by atoms with van der Waals surface area (Å²) in [6.07, 6.45) is 1.33. The maximum Gasteiger partial charge on any atom is 0.288 e. The summed E-state index contributed by atoms with van der Waals surface area (Å²) in [5.74, 6) is -0.444. The van der Waals surface area contributed by atoms with Crippen molar-refractivity contribution in [1.29, 1.82) is 5.26 Å². The molecule has 0 amide bonds. The van der Waals surface area contributed by atoms with Crippen molar-refractivity contribution < 1.29 is 9.72 Å². The van der Waals surface area contributed by atoms with Crippen LogP contribution in [0.25, 0.3) is 17.0 Å². The first kappa shape index (κ1) is 17.4. The van der Waals surface area contributed by atoms with Crippen LogP contribution >= 0.6 is 11.6 Å². The van der Waals surface area contributed by atoms with Crippen LogP contribution in [0.1, 0.15) is 21.6 Å². The number of H-pyrrole nitrogens is 1. The molecule has 2 aromatic carbocycles. The lowest BCUT2D eigenvalue weighted by Gasteiger charge is -2.02. The molecule has 6 nitrogen and oxygen atoms in total. The van der Waals surface area contributed by atoms with Crippen LogP contribution in [0.3, 0.4) is 0 Å². The number of benzene rings is 2. The molecule has 0 saturated carbocycles. The number of fused-ring (bicyclic) bond motifs is 1. The van der Waals surface area contributed by atoms with Gasteiger partial charge in [-0.3, -0.25) is 14.9 Å². The summed E-state index contributed by atoms with van der Waals surface area (Å²) in [7, 11) is 0. The normalized spacial score (nSPS) is 11.3. The fourth-order valence-corrected chi connectivity index (χ4v) is 2.97. The zero-order valence-corrected chi connectivity index (χ0v) is 14.4. The number of aromatic amines is 1. The molecule has 1 heterocycles. The van der Waals surface area contributed by atoms with Crippen molar-refractivity contribution in [3.05, 3.63) is 80.0 Å². The second-order valence-electron chi connectivity index (χ2n) is 5.64. The predicted octanol–water partition coefficient (Wildman–Crippen LogP) is 4.83. The van der Waals surface area contributed by atoms with E-state index in [4.69, 9.17) is 11.6 Å². The van der Waals surface area contributed by atoms with Gasteiger partial charge in [0.2, 0.25) is 5.78 Å². The molecule has 1 N–H and O–H groups in total. The summed E-state index contributed by atoms with van der Waals surface area (Å²) in [6, 6.07) is 13.3. The minimum atomic E-state index is -0.614. The number of allylic oxidation sites excluding steroid dienone is 1. The number of hydrogen-bond acceptors (Lipinski definition) is 4. The third-order valence-electron chi connectivity index (χ3n) is 3.96. The van der Waals surface area contributed by atoms with Crippen LogP contribution in [0, 0.1) is 28.4 Å². The summed E-state index contributed by atoms with van der Waals surface area (Å²) in [6.45, 7) is 1.76. The van der Waals surface area contributed by atoms with E-state index >= 15 is 0 Å². The molecule has 0 radical (unpaired) electrons. The zero-order valence-electron chi connectivity index (χ0n) is 13.6. The monoisotopic (exact) mass is 365 g/mol. The Labute approximate surface area is 153 Å². The first-order valence-corrected chi connectivity index (χ1v) is 7.98. The minimum Gasteiger partial charge on any atom is -0.358 e. The number of nitrogens with one attached hydrogen (secondary N) is 1. The number of rotatable bonds is 4. The van der Waals surface area contributed by atoms with Gasteiger partial charge in [-0.05, 0) is 30.7 Å². The van der Waals surface area contributed by atoms with Crippen molar-refractivity contribution in [1.82, 2.24) is 4.98 Å². The molecule has 3 aromatic rings. The number of aromatic nitrogens is 1. The highest BCUT2D eigenvalue weighted by Gasteiger charge is 2.20. The van der Waals surface area contributed by atoms with Crippen molar-refractivity contribution in [2.75, 3.05) is 0 Å². The number of carbonyl (C=O) groups excluding carboxylic acids is 1. The number of nitrogens with zero attached hydrogens (tertiary/aromatic N) is 2. The number of para-hydroxylation sites is 1. The molecule has 0 spiro atoms. The number of Topliss-reactive ketones (excluding diaryl/α,β-unsaturated/α-hetero) is 1. The van der Waals surface area contributed by atoms with E-state index < -0.39 is 10.7 Å². The van der Waals surface area contributed by atoms with Crippen molar-refractivity contribution in [3.8, 4) is 6.07 Å². The number of hydrogen-bond donors (Lipinski definition) is 1. The van der Waals surface area contributed by atoms with Crippen LogP contribution in [0.4, 0.5) is 5.69 Å². The fourth-order valence-electron chi connectivity index (χ4n) is 2.78. The van der Waals surface area contributed by atoms with Gasteiger partial charge in [0.15, 0.2) is 0 Å². The molecule has 0 aliphatic heterocycles. The molecule has 1 aromatic heterocycles. The van der Waals surface area contributed by atoms with Crippen LogP contribution in [-0.2, 0) is 0 Å². The van der Waals surface area contributed by atoms with Gasteiger partial charge in [0.1, 0.15) is 16.7 Å². The molecule has 0 aliphatic carbocycles. The average molecular weight is 366 g/mol. The number of nitro benzene ring substituents is 1. The quantitative estimate of drug-likeness (QED) is 0.235. The zero-order chi connectivity index (χ0) is 18.8. The Kier molecular flexibility index (Phi) is 4.57. The highest BCUT2D eigenvalue weighted by Crippen LogP contribution is 2.28. The van der Waals surface area contributed by atoms with Crippen molar-refractivity contribution in [2.24, 2.45) is 0 Å². The summed E-state index contributed by atoms with van der Waals surface area (Å²) in [4.78, 5) is 26.4. The van der Waals surface area contributed by atoms with Gasteiger partial charge in [0, 0.05) is 22.7 Å². The molecule has 0 saturated heterocycles. The van der Waals surface area contributed by atoms with Gasteiger partial charge < -0.3 is 4.98 Å². The number of halogens is 1.